The van der Waals surface area contributed by atoms with Crippen molar-refractivity contribution in [2.75, 3.05) is 0 Å². The zero-order valence-electron chi connectivity index (χ0n) is 14.8. The van der Waals surface area contributed by atoms with Gasteiger partial charge in [0, 0.05) is 6.42 Å². The number of unbranched alkanes of at least 4 members (excludes halogenated alkanes) is 1. The monoisotopic (exact) mass is 360 g/mol. The Hall–Kier alpha value is -2.21. The van der Waals surface area contributed by atoms with Gasteiger partial charge in [-0.3, -0.25) is 4.79 Å². The minimum atomic E-state index is -0.976. The molecular formula is C19H24N2O3S. The Bertz CT molecular complexity index is 738. The summed E-state index contributed by atoms with van der Waals surface area (Å²) in [6, 6.07) is 8.18. The lowest BCUT2D eigenvalue weighted by Crippen LogP contribution is -2.26. The molecule has 1 aromatic heterocycles. The average Bonchev–Trinajstić information content (AvgIpc) is 2.95. The largest absolute Gasteiger partial charge is 0.477 e. The molecule has 1 aromatic carbocycles. The van der Waals surface area contributed by atoms with E-state index in [1.807, 2.05) is 6.92 Å². The average molecular weight is 360 g/mol. The summed E-state index contributed by atoms with van der Waals surface area (Å²) in [6.45, 7) is 5.57. The highest BCUT2D eigenvalue weighted by atomic mass is 32.1. The predicted octanol–water partition coefficient (Wildman–Crippen LogP) is 4.05. The number of thiazole rings is 1. The van der Waals surface area contributed by atoms with E-state index in [9.17, 15) is 9.59 Å². The molecule has 25 heavy (non-hydrogen) atoms. The predicted molar refractivity (Wildman–Crippen MR) is 99.1 cm³/mol. The maximum absolute atomic E-state index is 12.1. The van der Waals surface area contributed by atoms with Crippen LogP contribution in [0, 0.1) is 13.8 Å². The number of hydrogen-bond acceptors (Lipinski definition) is 4. The summed E-state index contributed by atoms with van der Waals surface area (Å²) in [5.74, 6) is -1.00. The molecule has 0 spiro atoms. The topological polar surface area (TPSA) is 79.3 Å². The molecule has 0 radical (unpaired) electrons. The molecular weight excluding hydrogens is 336 g/mol. The van der Waals surface area contributed by atoms with Crippen molar-refractivity contribution in [3.05, 3.63) is 51.0 Å². The fraction of sp³-hybridized carbons (Fsp3) is 0.421. The minimum absolute atomic E-state index is 0.0267. The number of aromatic carboxylic acids is 1. The van der Waals surface area contributed by atoms with Crippen molar-refractivity contribution >= 4 is 23.2 Å². The van der Waals surface area contributed by atoms with Gasteiger partial charge in [0.05, 0.1) is 11.7 Å². The van der Waals surface area contributed by atoms with E-state index in [0.29, 0.717) is 17.1 Å². The van der Waals surface area contributed by atoms with Gasteiger partial charge in [0.2, 0.25) is 5.91 Å². The quantitative estimate of drug-likeness (QED) is 0.696. The number of amides is 1. The number of carbonyl (C=O) groups excluding carboxylic acids is 1. The maximum atomic E-state index is 12.1. The first-order valence-corrected chi connectivity index (χ1v) is 9.24. The molecule has 2 aromatic rings. The maximum Gasteiger partial charge on any atom is 0.347 e. The smallest absolute Gasteiger partial charge is 0.347 e. The van der Waals surface area contributed by atoms with Crippen molar-refractivity contribution in [3.63, 3.8) is 0 Å². The first-order valence-electron chi connectivity index (χ1n) is 8.42. The standard InChI is InChI=1S/C19H24N2O3S/c1-12-8-10-15(11-9-12)6-4-5-7-16(22)20-14(3)18-21-13(2)17(25-18)19(23)24/h8-11,14H,4-7H2,1-3H3,(H,20,22)(H,23,24). The second kappa shape index (κ2) is 8.76. The third kappa shape index (κ3) is 5.67. The molecule has 0 aliphatic heterocycles. The number of nitrogens with zero attached hydrogens (tertiary/aromatic N) is 1. The Morgan fingerprint density at radius 1 is 1.20 bits per heavy atom. The zero-order valence-corrected chi connectivity index (χ0v) is 15.7. The van der Waals surface area contributed by atoms with Gasteiger partial charge in [-0.05, 0) is 45.6 Å². The number of carboxylic acids is 1. The lowest BCUT2D eigenvalue weighted by Gasteiger charge is -2.11. The summed E-state index contributed by atoms with van der Waals surface area (Å²) in [6.07, 6.45) is 3.22. The van der Waals surface area contributed by atoms with Crippen LogP contribution in [0.3, 0.4) is 0 Å². The Balaban J connectivity index is 1.75. The van der Waals surface area contributed by atoms with Gasteiger partial charge in [-0.15, -0.1) is 11.3 Å². The molecule has 0 saturated carbocycles. The second-order valence-electron chi connectivity index (χ2n) is 6.25. The Morgan fingerprint density at radius 3 is 2.48 bits per heavy atom. The molecule has 1 heterocycles. The van der Waals surface area contributed by atoms with E-state index in [1.165, 1.54) is 11.1 Å². The van der Waals surface area contributed by atoms with Gasteiger partial charge in [0.25, 0.3) is 0 Å². The van der Waals surface area contributed by atoms with Gasteiger partial charge in [-0.2, -0.15) is 0 Å². The number of hydrogen-bond donors (Lipinski definition) is 2. The molecule has 6 heteroatoms. The summed E-state index contributed by atoms with van der Waals surface area (Å²) < 4.78 is 0. The van der Waals surface area contributed by atoms with Gasteiger partial charge in [0.15, 0.2) is 0 Å². The van der Waals surface area contributed by atoms with Crippen LogP contribution in [0.25, 0.3) is 0 Å². The normalized spacial score (nSPS) is 12.0. The number of aryl methyl sites for hydroxylation is 3. The molecule has 0 aliphatic rings. The highest BCUT2D eigenvalue weighted by Crippen LogP contribution is 2.23. The molecule has 2 N–H and O–H groups in total. The lowest BCUT2D eigenvalue weighted by atomic mass is 10.1. The van der Waals surface area contributed by atoms with Crippen LogP contribution in [-0.4, -0.2) is 22.0 Å². The molecule has 134 valence electrons. The third-order valence-corrected chi connectivity index (χ3v) is 5.32. The summed E-state index contributed by atoms with van der Waals surface area (Å²) in [7, 11) is 0. The van der Waals surface area contributed by atoms with E-state index in [1.54, 1.807) is 6.92 Å². The van der Waals surface area contributed by atoms with Crippen molar-refractivity contribution in [3.8, 4) is 0 Å². The van der Waals surface area contributed by atoms with Crippen LogP contribution in [0.1, 0.15) is 63.7 Å². The number of aromatic nitrogens is 1. The van der Waals surface area contributed by atoms with E-state index < -0.39 is 5.97 Å². The van der Waals surface area contributed by atoms with Crippen molar-refractivity contribution < 1.29 is 14.7 Å². The summed E-state index contributed by atoms with van der Waals surface area (Å²) in [4.78, 5) is 27.6. The third-order valence-electron chi connectivity index (χ3n) is 4.00. The SMILES string of the molecule is Cc1ccc(CCCCC(=O)NC(C)c2nc(C)c(C(=O)O)s2)cc1. The van der Waals surface area contributed by atoms with E-state index in [0.717, 1.165) is 30.6 Å². The van der Waals surface area contributed by atoms with Crippen LogP contribution in [-0.2, 0) is 11.2 Å². The van der Waals surface area contributed by atoms with Crippen molar-refractivity contribution in [1.29, 1.82) is 0 Å². The van der Waals surface area contributed by atoms with Crippen molar-refractivity contribution in [2.45, 2.75) is 52.5 Å². The van der Waals surface area contributed by atoms with Crippen LogP contribution in [0.4, 0.5) is 0 Å². The first-order chi connectivity index (χ1) is 11.9. The number of benzene rings is 1. The number of rotatable bonds is 8. The van der Waals surface area contributed by atoms with Gasteiger partial charge >= 0.3 is 5.97 Å². The molecule has 0 saturated heterocycles. The van der Waals surface area contributed by atoms with E-state index in [2.05, 4.69) is 41.5 Å². The molecule has 0 fully saturated rings. The van der Waals surface area contributed by atoms with Gasteiger partial charge in [-0.25, -0.2) is 9.78 Å². The lowest BCUT2D eigenvalue weighted by molar-refractivity contribution is -0.121. The van der Waals surface area contributed by atoms with Crippen molar-refractivity contribution in [2.24, 2.45) is 0 Å². The molecule has 1 amide bonds. The summed E-state index contributed by atoms with van der Waals surface area (Å²) in [5, 5.41) is 12.6. The summed E-state index contributed by atoms with van der Waals surface area (Å²) in [5.41, 5.74) is 3.03. The fourth-order valence-corrected chi connectivity index (χ4v) is 3.45. The van der Waals surface area contributed by atoms with E-state index in [4.69, 9.17) is 5.11 Å². The Morgan fingerprint density at radius 2 is 1.88 bits per heavy atom. The van der Waals surface area contributed by atoms with E-state index in [-0.39, 0.29) is 16.8 Å². The molecule has 1 unspecified atom stereocenters. The van der Waals surface area contributed by atoms with Crippen LogP contribution in [0.5, 0.6) is 0 Å². The highest BCUT2D eigenvalue weighted by Gasteiger charge is 2.18. The van der Waals surface area contributed by atoms with Crippen LogP contribution in [0.15, 0.2) is 24.3 Å². The van der Waals surface area contributed by atoms with Gasteiger partial charge < -0.3 is 10.4 Å². The molecule has 2 rings (SSSR count). The van der Waals surface area contributed by atoms with Crippen LogP contribution in [0.2, 0.25) is 0 Å². The molecule has 0 aliphatic carbocycles. The van der Waals surface area contributed by atoms with Crippen molar-refractivity contribution in [1.82, 2.24) is 10.3 Å². The molecule has 1 atom stereocenters. The zero-order chi connectivity index (χ0) is 18.4. The van der Waals surface area contributed by atoms with Crippen LogP contribution >= 0.6 is 11.3 Å². The molecule has 5 nitrogen and oxygen atoms in total. The fourth-order valence-electron chi connectivity index (χ4n) is 2.55. The Kier molecular flexibility index (Phi) is 6.70. The number of carbonyl (C=O) groups is 2. The highest BCUT2D eigenvalue weighted by molar-refractivity contribution is 7.13. The first kappa shape index (κ1) is 19.1. The minimum Gasteiger partial charge on any atom is -0.477 e. The molecule has 0 bridgehead atoms. The number of nitrogens with one attached hydrogen (secondary N) is 1. The number of carboxylic acid groups (broad SMARTS) is 1. The summed E-state index contributed by atoms with van der Waals surface area (Å²) >= 11 is 1.12. The van der Waals surface area contributed by atoms with Gasteiger partial charge in [0.1, 0.15) is 9.88 Å². The van der Waals surface area contributed by atoms with Gasteiger partial charge in [-0.1, -0.05) is 29.8 Å². The second-order valence-corrected chi connectivity index (χ2v) is 7.28. The Labute approximate surface area is 152 Å². The van der Waals surface area contributed by atoms with E-state index >= 15 is 0 Å². The van der Waals surface area contributed by atoms with Crippen LogP contribution < -0.4 is 5.32 Å².